The van der Waals surface area contributed by atoms with Gasteiger partial charge in [-0.05, 0) is 38.3 Å². The number of rotatable bonds is 4. The maximum atomic E-state index is 12.7. The minimum atomic E-state index is -4.35. The molecule has 9 heteroatoms. The van der Waals surface area contributed by atoms with Crippen molar-refractivity contribution in [1.82, 2.24) is 19.7 Å². The first-order valence-corrected chi connectivity index (χ1v) is 9.32. The van der Waals surface area contributed by atoms with Crippen LogP contribution in [0, 0.1) is 6.92 Å². The molecule has 1 aliphatic carbocycles. The van der Waals surface area contributed by atoms with Gasteiger partial charge in [0.2, 0.25) is 0 Å². The van der Waals surface area contributed by atoms with Crippen molar-refractivity contribution in [3.63, 3.8) is 0 Å². The van der Waals surface area contributed by atoms with Crippen molar-refractivity contribution in [2.45, 2.75) is 44.5 Å². The van der Waals surface area contributed by atoms with E-state index in [4.69, 9.17) is 0 Å². The Kier molecular flexibility index (Phi) is 4.31. The topological polar surface area (TPSA) is 63.8 Å². The van der Waals surface area contributed by atoms with Crippen molar-refractivity contribution in [3.8, 4) is 10.6 Å². The summed E-state index contributed by atoms with van der Waals surface area (Å²) in [4.78, 5) is 9.64. The fourth-order valence-electron chi connectivity index (χ4n) is 2.97. The molecule has 0 unspecified atom stereocenters. The molecule has 0 aliphatic heterocycles. The third-order valence-corrected chi connectivity index (χ3v) is 5.98. The van der Waals surface area contributed by atoms with E-state index in [9.17, 15) is 18.3 Å². The maximum absolute atomic E-state index is 12.7. The molecular weight excluding hydrogens is 377 g/mol. The Labute approximate surface area is 157 Å². The number of alkyl halides is 3. The summed E-state index contributed by atoms with van der Waals surface area (Å²) >= 11 is 1.41. The number of thiazole rings is 1. The molecule has 1 N–H and O–H groups in total. The van der Waals surface area contributed by atoms with E-state index >= 15 is 0 Å². The van der Waals surface area contributed by atoms with Crippen molar-refractivity contribution < 1.29 is 18.3 Å². The number of aliphatic hydroxyl groups is 1. The van der Waals surface area contributed by atoms with Crippen LogP contribution < -0.4 is 0 Å². The van der Waals surface area contributed by atoms with Gasteiger partial charge < -0.3 is 5.11 Å². The summed E-state index contributed by atoms with van der Waals surface area (Å²) in [5.74, 6) is 0.443. The molecular formula is C18H17F3N4OS. The van der Waals surface area contributed by atoms with Crippen LogP contribution in [0.2, 0.25) is 0 Å². The Morgan fingerprint density at radius 3 is 2.52 bits per heavy atom. The zero-order valence-corrected chi connectivity index (χ0v) is 15.3. The van der Waals surface area contributed by atoms with E-state index < -0.39 is 17.3 Å². The Bertz CT molecular complexity index is 958. The fraction of sp³-hybridized carbons (Fsp3) is 0.389. The highest BCUT2D eigenvalue weighted by Gasteiger charge is 2.40. The molecule has 1 aromatic carbocycles. The van der Waals surface area contributed by atoms with E-state index in [2.05, 4.69) is 15.1 Å². The van der Waals surface area contributed by atoms with Crippen LogP contribution in [0.3, 0.4) is 0 Å². The van der Waals surface area contributed by atoms with Crippen LogP contribution in [0.15, 0.2) is 30.6 Å². The second-order valence-corrected chi connectivity index (χ2v) is 7.84. The smallest absolute Gasteiger partial charge is 0.382 e. The van der Waals surface area contributed by atoms with E-state index in [1.807, 2.05) is 6.92 Å². The number of aryl methyl sites for hydroxylation is 1. The van der Waals surface area contributed by atoms with Gasteiger partial charge in [-0.3, -0.25) is 0 Å². The minimum absolute atomic E-state index is 0.443. The molecule has 0 atom stereocenters. The lowest BCUT2D eigenvalue weighted by atomic mass is 9.80. The van der Waals surface area contributed by atoms with Crippen molar-refractivity contribution >= 4 is 11.3 Å². The van der Waals surface area contributed by atoms with Gasteiger partial charge in [0.15, 0.2) is 5.82 Å². The quantitative estimate of drug-likeness (QED) is 0.722. The van der Waals surface area contributed by atoms with Gasteiger partial charge in [0.1, 0.15) is 16.9 Å². The predicted molar refractivity (Wildman–Crippen MR) is 94.2 cm³/mol. The van der Waals surface area contributed by atoms with Crippen molar-refractivity contribution in [2.75, 3.05) is 0 Å². The van der Waals surface area contributed by atoms with Crippen LogP contribution in [0.5, 0.6) is 0 Å². The predicted octanol–water partition coefficient (Wildman–Crippen LogP) is 4.15. The van der Waals surface area contributed by atoms with E-state index in [-0.39, 0.29) is 0 Å². The third-order valence-electron chi connectivity index (χ3n) is 4.79. The largest absolute Gasteiger partial charge is 0.416 e. The van der Waals surface area contributed by atoms with Gasteiger partial charge in [0.05, 0.1) is 17.8 Å². The summed E-state index contributed by atoms with van der Waals surface area (Å²) in [7, 11) is 0. The normalized spacial score (nSPS) is 16.3. The highest BCUT2D eigenvalue weighted by Crippen LogP contribution is 2.39. The van der Waals surface area contributed by atoms with Gasteiger partial charge in [-0.25, -0.2) is 14.6 Å². The molecule has 0 spiro atoms. The second-order valence-electron chi connectivity index (χ2n) is 6.75. The molecule has 1 fully saturated rings. The molecule has 5 nitrogen and oxygen atoms in total. The summed E-state index contributed by atoms with van der Waals surface area (Å²) < 4.78 is 39.8. The molecule has 3 aromatic rings. The lowest BCUT2D eigenvalue weighted by Gasteiger charge is -2.33. The Morgan fingerprint density at radius 2 is 1.93 bits per heavy atom. The number of aromatic nitrogens is 4. The van der Waals surface area contributed by atoms with Gasteiger partial charge >= 0.3 is 6.18 Å². The van der Waals surface area contributed by atoms with Crippen LogP contribution >= 0.6 is 11.3 Å². The Hall–Kier alpha value is -2.26. The average Bonchev–Trinajstić information content (AvgIpc) is 3.20. The SMILES string of the molecule is Cc1nc(-c2ccc(C(F)(F)F)cc2)sc1Cn1cnc(C2(O)CCC2)n1. The zero-order chi connectivity index (χ0) is 19.2. The van der Waals surface area contributed by atoms with E-state index in [1.54, 1.807) is 11.0 Å². The average molecular weight is 394 g/mol. The molecule has 27 heavy (non-hydrogen) atoms. The lowest BCUT2D eigenvalue weighted by molar-refractivity contribution is -0.137. The van der Waals surface area contributed by atoms with E-state index in [1.165, 1.54) is 23.5 Å². The van der Waals surface area contributed by atoms with Crippen LogP contribution in [-0.2, 0) is 18.3 Å². The summed E-state index contributed by atoms with van der Waals surface area (Å²) in [6, 6.07) is 5.00. The summed E-state index contributed by atoms with van der Waals surface area (Å²) in [5, 5.41) is 15.4. The van der Waals surface area contributed by atoms with Crippen molar-refractivity contribution in [1.29, 1.82) is 0 Å². The summed E-state index contributed by atoms with van der Waals surface area (Å²) in [5.41, 5.74) is -0.136. The zero-order valence-electron chi connectivity index (χ0n) is 14.5. The van der Waals surface area contributed by atoms with Gasteiger partial charge in [0.25, 0.3) is 0 Å². The molecule has 1 saturated carbocycles. The van der Waals surface area contributed by atoms with Crippen LogP contribution in [0.1, 0.15) is 41.2 Å². The Balaban J connectivity index is 1.53. The molecule has 0 radical (unpaired) electrons. The van der Waals surface area contributed by atoms with Crippen molar-refractivity contribution in [2.24, 2.45) is 0 Å². The molecule has 142 valence electrons. The molecule has 4 rings (SSSR count). The van der Waals surface area contributed by atoms with Crippen LogP contribution in [0.4, 0.5) is 13.2 Å². The number of halogens is 3. The van der Waals surface area contributed by atoms with E-state index in [0.29, 0.717) is 35.8 Å². The number of hydrogen-bond donors (Lipinski definition) is 1. The standard InChI is InChI=1S/C18H17F3N4OS/c1-11-14(9-25-10-22-16(24-25)17(26)7-2-8-17)27-15(23-11)12-3-5-13(6-4-12)18(19,20)21/h3-6,10,26H,2,7-9H2,1H3. The maximum Gasteiger partial charge on any atom is 0.416 e. The Morgan fingerprint density at radius 1 is 1.22 bits per heavy atom. The molecule has 2 heterocycles. The lowest BCUT2D eigenvalue weighted by Crippen LogP contribution is -2.35. The second kappa shape index (κ2) is 6.42. The first-order chi connectivity index (χ1) is 12.7. The number of nitrogens with zero attached hydrogens (tertiary/aromatic N) is 4. The number of hydrogen-bond acceptors (Lipinski definition) is 5. The first-order valence-electron chi connectivity index (χ1n) is 8.51. The van der Waals surface area contributed by atoms with Crippen LogP contribution in [0.25, 0.3) is 10.6 Å². The molecule has 0 bridgehead atoms. The molecule has 1 aliphatic rings. The molecule has 0 amide bonds. The first kappa shape index (κ1) is 18.1. The highest BCUT2D eigenvalue weighted by molar-refractivity contribution is 7.15. The fourth-order valence-corrected chi connectivity index (χ4v) is 4.03. The summed E-state index contributed by atoms with van der Waals surface area (Å²) in [6.45, 7) is 2.31. The molecule has 0 saturated heterocycles. The van der Waals surface area contributed by atoms with Gasteiger partial charge in [-0.15, -0.1) is 11.3 Å². The van der Waals surface area contributed by atoms with Gasteiger partial charge in [0, 0.05) is 10.4 Å². The highest BCUT2D eigenvalue weighted by atomic mass is 32.1. The van der Waals surface area contributed by atoms with Gasteiger partial charge in [-0.2, -0.15) is 18.3 Å². The van der Waals surface area contributed by atoms with Crippen molar-refractivity contribution in [3.05, 3.63) is 52.6 Å². The molecule has 2 aromatic heterocycles. The summed E-state index contributed by atoms with van der Waals surface area (Å²) in [6.07, 6.45) is -0.445. The third kappa shape index (κ3) is 3.49. The van der Waals surface area contributed by atoms with E-state index in [0.717, 1.165) is 29.1 Å². The monoisotopic (exact) mass is 394 g/mol. The van der Waals surface area contributed by atoms with Crippen LogP contribution in [-0.4, -0.2) is 24.9 Å². The van der Waals surface area contributed by atoms with Gasteiger partial charge in [-0.1, -0.05) is 12.1 Å². The number of benzene rings is 1. The minimum Gasteiger partial charge on any atom is -0.382 e.